The van der Waals surface area contributed by atoms with E-state index in [2.05, 4.69) is 91.1 Å². The van der Waals surface area contributed by atoms with Crippen molar-refractivity contribution in [2.24, 2.45) is 10.9 Å². The van der Waals surface area contributed by atoms with E-state index in [1.807, 2.05) is 11.0 Å². The predicted molar refractivity (Wildman–Crippen MR) is 152 cm³/mol. The molecule has 0 radical (unpaired) electrons. The Balaban J connectivity index is 0.00000408. The van der Waals surface area contributed by atoms with Gasteiger partial charge in [0, 0.05) is 44.6 Å². The first kappa shape index (κ1) is 28.1. The second-order valence-electron chi connectivity index (χ2n) is 9.05. The van der Waals surface area contributed by atoms with Crippen LogP contribution in [0.5, 0.6) is 0 Å². The summed E-state index contributed by atoms with van der Waals surface area (Å²) in [5.41, 5.74) is 2.60. The van der Waals surface area contributed by atoms with E-state index >= 15 is 0 Å². The first-order chi connectivity index (χ1) is 16.0. The zero-order chi connectivity index (χ0) is 23.5. The predicted octanol–water partition coefficient (Wildman–Crippen LogP) is 3.42. The zero-order valence-electron chi connectivity index (χ0n) is 20.7. The van der Waals surface area contributed by atoms with E-state index < -0.39 is 0 Å². The van der Waals surface area contributed by atoms with Gasteiger partial charge in [-0.2, -0.15) is 0 Å². The normalized spacial score (nSPS) is 16.9. The van der Waals surface area contributed by atoms with Gasteiger partial charge in [-0.15, -0.1) is 24.0 Å². The number of carbonyl (C=O) groups is 1. The highest BCUT2D eigenvalue weighted by Gasteiger charge is 2.29. The van der Waals surface area contributed by atoms with Crippen LogP contribution in [-0.2, 0) is 17.6 Å². The molecule has 0 spiro atoms. The molecule has 1 saturated heterocycles. The number of likely N-dealkylation sites (tertiary alicyclic amines) is 1. The maximum atomic E-state index is 12.5. The number of hydrogen-bond acceptors (Lipinski definition) is 3. The largest absolute Gasteiger partial charge is 0.357 e. The smallest absolute Gasteiger partial charge is 0.223 e. The van der Waals surface area contributed by atoms with Gasteiger partial charge in [0.1, 0.15) is 0 Å². The number of benzene rings is 2. The van der Waals surface area contributed by atoms with Gasteiger partial charge in [0.15, 0.2) is 5.96 Å². The van der Waals surface area contributed by atoms with Crippen molar-refractivity contribution in [3.63, 3.8) is 0 Å². The fourth-order valence-corrected chi connectivity index (χ4v) is 4.19. The van der Waals surface area contributed by atoms with Crippen LogP contribution in [-0.4, -0.2) is 74.5 Å². The van der Waals surface area contributed by atoms with Gasteiger partial charge in [-0.05, 0) is 45.0 Å². The molecule has 0 aromatic heterocycles. The van der Waals surface area contributed by atoms with Gasteiger partial charge in [-0.25, -0.2) is 0 Å². The summed E-state index contributed by atoms with van der Waals surface area (Å²) in [6.07, 6.45) is 2.48. The molecule has 0 aliphatic carbocycles. The molecular formula is C27H40IN5O. The molecule has 0 saturated carbocycles. The molecule has 1 fully saturated rings. The molecule has 2 N–H and O–H groups in total. The fourth-order valence-electron chi connectivity index (χ4n) is 4.19. The Bertz CT molecular complexity index is 875. The highest BCUT2D eigenvalue weighted by atomic mass is 127. The molecule has 2 aromatic rings. The minimum Gasteiger partial charge on any atom is -0.357 e. The van der Waals surface area contributed by atoms with Crippen LogP contribution in [0.15, 0.2) is 65.7 Å². The molecule has 1 heterocycles. The summed E-state index contributed by atoms with van der Waals surface area (Å²) in [6.45, 7) is 5.96. The van der Waals surface area contributed by atoms with Gasteiger partial charge < -0.3 is 20.4 Å². The van der Waals surface area contributed by atoms with Gasteiger partial charge >= 0.3 is 0 Å². The number of guanidine groups is 1. The van der Waals surface area contributed by atoms with E-state index in [0.29, 0.717) is 24.9 Å². The van der Waals surface area contributed by atoms with Gasteiger partial charge in [0.05, 0.1) is 6.54 Å². The Labute approximate surface area is 222 Å². The van der Waals surface area contributed by atoms with E-state index in [9.17, 15) is 4.79 Å². The second kappa shape index (κ2) is 15.0. The van der Waals surface area contributed by atoms with Crippen molar-refractivity contribution in [3.05, 3.63) is 71.8 Å². The van der Waals surface area contributed by atoms with E-state index in [1.54, 1.807) is 0 Å². The second-order valence-corrected chi connectivity index (χ2v) is 9.05. The number of amides is 1. The molecular weight excluding hydrogens is 537 g/mol. The highest BCUT2D eigenvalue weighted by Crippen LogP contribution is 2.17. The Kier molecular flexibility index (Phi) is 12.4. The topological polar surface area (TPSA) is 60.0 Å². The number of aliphatic imine (C=N–C) groups is 1. The average molecular weight is 578 g/mol. The monoisotopic (exact) mass is 577 g/mol. The number of halogens is 1. The molecule has 0 bridgehead atoms. The van der Waals surface area contributed by atoms with E-state index in [-0.39, 0.29) is 29.9 Å². The molecule has 2 unspecified atom stereocenters. The van der Waals surface area contributed by atoms with E-state index in [1.165, 1.54) is 11.1 Å². The van der Waals surface area contributed by atoms with Gasteiger partial charge in [-0.1, -0.05) is 60.7 Å². The van der Waals surface area contributed by atoms with Crippen LogP contribution in [0.1, 0.15) is 24.5 Å². The maximum absolute atomic E-state index is 12.5. The molecule has 6 nitrogen and oxygen atoms in total. The van der Waals surface area contributed by atoms with Crippen molar-refractivity contribution in [1.82, 2.24) is 20.4 Å². The van der Waals surface area contributed by atoms with Gasteiger partial charge in [-0.3, -0.25) is 9.79 Å². The number of nitrogens with one attached hydrogen (secondary N) is 2. The Morgan fingerprint density at radius 1 is 1.06 bits per heavy atom. The van der Waals surface area contributed by atoms with Crippen LogP contribution in [0, 0.1) is 5.92 Å². The number of rotatable bonds is 11. The Hall–Kier alpha value is -2.13. The van der Waals surface area contributed by atoms with Crippen LogP contribution in [0.3, 0.4) is 0 Å². The van der Waals surface area contributed by atoms with Crippen LogP contribution < -0.4 is 10.6 Å². The van der Waals surface area contributed by atoms with Gasteiger partial charge in [0.25, 0.3) is 0 Å². The highest BCUT2D eigenvalue weighted by molar-refractivity contribution is 14.0. The minimum atomic E-state index is 0. The van der Waals surface area contributed by atoms with Crippen molar-refractivity contribution in [2.45, 2.75) is 32.2 Å². The van der Waals surface area contributed by atoms with Crippen molar-refractivity contribution >= 4 is 35.8 Å². The first-order valence-electron chi connectivity index (χ1n) is 12.1. The Morgan fingerprint density at radius 3 is 2.32 bits per heavy atom. The lowest BCUT2D eigenvalue weighted by molar-refractivity contribution is -0.127. The molecule has 3 rings (SSSR count). The fraction of sp³-hybridized carbons (Fsp3) is 0.481. The van der Waals surface area contributed by atoms with Crippen molar-refractivity contribution < 1.29 is 4.79 Å². The number of likely N-dealkylation sites (N-methyl/N-ethyl adjacent to an activating group) is 1. The third-order valence-electron chi connectivity index (χ3n) is 6.21. The average Bonchev–Trinajstić information content (AvgIpc) is 3.19. The first-order valence-corrected chi connectivity index (χ1v) is 12.1. The summed E-state index contributed by atoms with van der Waals surface area (Å²) in [4.78, 5) is 21.6. The quantitative estimate of drug-likeness (QED) is 0.244. The van der Waals surface area contributed by atoms with Crippen LogP contribution in [0.2, 0.25) is 0 Å². The number of nitrogens with zero attached hydrogens (tertiary/aromatic N) is 3. The summed E-state index contributed by atoms with van der Waals surface area (Å²) >= 11 is 0. The minimum absolute atomic E-state index is 0. The van der Waals surface area contributed by atoms with Crippen LogP contribution in [0.4, 0.5) is 0 Å². The number of carbonyl (C=O) groups excluding carboxylic acids is 1. The summed E-state index contributed by atoms with van der Waals surface area (Å²) in [6, 6.07) is 21.3. The zero-order valence-corrected chi connectivity index (χ0v) is 23.1. The van der Waals surface area contributed by atoms with E-state index in [4.69, 9.17) is 4.99 Å². The molecule has 1 aliphatic rings. The summed E-state index contributed by atoms with van der Waals surface area (Å²) < 4.78 is 0. The third kappa shape index (κ3) is 9.25. The van der Waals surface area contributed by atoms with Gasteiger partial charge in [0.2, 0.25) is 5.91 Å². The third-order valence-corrected chi connectivity index (χ3v) is 6.21. The molecule has 2 aromatic carbocycles. The summed E-state index contributed by atoms with van der Waals surface area (Å²) in [7, 11) is 4.22. The van der Waals surface area contributed by atoms with Crippen molar-refractivity contribution in [1.29, 1.82) is 0 Å². The lowest BCUT2D eigenvalue weighted by Gasteiger charge is -2.23. The summed E-state index contributed by atoms with van der Waals surface area (Å²) in [5, 5.41) is 6.83. The molecule has 34 heavy (non-hydrogen) atoms. The lowest BCUT2D eigenvalue weighted by atomic mass is 10.1. The molecule has 7 heteroatoms. The Morgan fingerprint density at radius 2 is 1.71 bits per heavy atom. The number of hydrogen-bond donors (Lipinski definition) is 2. The standard InChI is InChI=1S/C27H39N5O.HI/c1-4-28-27(30-20-25(31(2)3)17-23-13-9-6-10-14-23)29-19-24-18-26(33)32(21-24)16-15-22-11-7-5-8-12-22;/h5-14,24-25H,4,15-21H2,1-3H3,(H2,28,29,30);1H. The molecule has 2 atom stereocenters. The summed E-state index contributed by atoms with van der Waals surface area (Å²) in [5.74, 6) is 1.40. The van der Waals surface area contributed by atoms with Crippen LogP contribution in [0.25, 0.3) is 0 Å². The molecule has 186 valence electrons. The molecule has 1 aliphatic heterocycles. The SMILES string of the molecule is CCNC(=NCC(Cc1ccccc1)N(C)C)NCC1CC(=O)N(CCc2ccccc2)C1.I. The molecule has 1 amide bonds. The lowest BCUT2D eigenvalue weighted by Crippen LogP contribution is -2.42. The maximum Gasteiger partial charge on any atom is 0.223 e. The van der Waals surface area contributed by atoms with E-state index in [0.717, 1.165) is 45.0 Å². The van der Waals surface area contributed by atoms with Crippen LogP contribution >= 0.6 is 24.0 Å². The van der Waals surface area contributed by atoms with Crippen molar-refractivity contribution in [2.75, 3.05) is 46.8 Å². The van der Waals surface area contributed by atoms with Crippen molar-refractivity contribution in [3.8, 4) is 0 Å².